The summed E-state index contributed by atoms with van der Waals surface area (Å²) in [6, 6.07) is 11.5. The van der Waals surface area contributed by atoms with Crippen LogP contribution in [0.4, 0.5) is 10.1 Å². The molecule has 106 valence electrons. The Morgan fingerprint density at radius 3 is 2.50 bits per heavy atom. The lowest BCUT2D eigenvalue weighted by Gasteiger charge is -2.09. The van der Waals surface area contributed by atoms with E-state index >= 15 is 0 Å². The molecule has 20 heavy (non-hydrogen) atoms. The van der Waals surface area contributed by atoms with Crippen molar-refractivity contribution in [1.29, 1.82) is 0 Å². The quantitative estimate of drug-likeness (QED) is 0.502. The van der Waals surface area contributed by atoms with Crippen molar-refractivity contribution in [2.45, 2.75) is 4.90 Å². The number of rotatable bonds is 6. The number of thioether (sulfide) groups is 1. The minimum absolute atomic E-state index is 0.268. The van der Waals surface area contributed by atoms with E-state index in [1.807, 2.05) is 18.2 Å². The van der Waals surface area contributed by atoms with E-state index in [2.05, 4.69) is 0 Å². The zero-order valence-corrected chi connectivity index (χ0v) is 12.0. The Hall–Kier alpha value is -1.88. The van der Waals surface area contributed by atoms with Crippen LogP contribution in [0.25, 0.3) is 0 Å². The summed E-state index contributed by atoms with van der Waals surface area (Å²) in [5, 5.41) is 0. The zero-order valence-electron chi connectivity index (χ0n) is 11.1. The van der Waals surface area contributed by atoms with E-state index in [0.29, 0.717) is 12.4 Å². The van der Waals surface area contributed by atoms with E-state index in [0.717, 1.165) is 22.1 Å². The molecule has 0 aromatic heterocycles. The standard InChI is InChI=1S/C15H16FNO2S/c1-18-13-6-7-14(17)15(10-13)20-9-8-19-12-4-2-11(16)3-5-12/h2-7,10H,8-9,17H2,1H3. The van der Waals surface area contributed by atoms with Gasteiger partial charge in [0.25, 0.3) is 0 Å². The second kappa shape index (κ2) is 7.05. The van der Waals surface area contributed by atoms with E-state index in [9.17, 15) is 4.39 Å². The monoisotopic (exact) mass is 293 g/mol. The fraction of sp³-hybridized carbons (Fsp3) is 0.200. The first-order chi connectivity index (χ1) is 9.69. The molecule has 0 atom stereocenters. The molecule has 2 rings (SSSR count). The third kappa shape index (κ3) is 4.06. The zero-order chi connectivity index (χ0) is 14.4. The smallest absolute Gasteiger partial charge is 0.123 e. The predicted octanol–water partition coefficient (Wildman–Crippen LogP) is 3.59. The molecule has 2 N–H and O–H groups in total. The maximum atomic E-state index is 12.7. The van der Waals surface area contributed by atoms with E-state index < -0.39 is 0 Å². The molecule has 0 radical (unpaired) electrons. The number of anilines is 1. The fourth-order valence-electron chi connectivity index (χ4n) is 1.61. The van der Waals surface area contributed by atoms with Crippen molar-refractivity contribution in [1.82, 2.24) is 0 Å². The maximum absolute atomic E-state index is 12.7. The normalized spacial score (nSPS) is 10.3. The van der Waals surface area contributed by atoms with Crippen LogP contribution >= 0.6 is 11.8 Å². The first-order valence-electron chi connectivity index (χ1n) is 6.14. The van der Waals surface area contributed by atoms with Crippen molar-refractivity contribution in [3.63, 3.8) is 0 Å². The molecule has 0 aliphatic carbocycles. The Bertz CT molecular complexity index is 560. The summed E-state index contributed by atoms with van der Waals surface area (Å²) in [4.78, 5) is 0.965. The molecular formula is C15H16FNO2S. The molecule has 0 fully saturated rings. The van der Waals surface area contributed by atoms with E-state index in [1.54, 1.807) is 31.0 Å². The molecule has 0 unspecified atom stereocenters. The van der Waals surface area contributed by atoms with Gasteiger partial charge in [-0.3, -0.25) is 0 Å². The molecule has 0 saturated carbocycles. The van der Waals surface area contributed by atoms with Gasteiger partial charge < -0.3 is 15.2 Å². The first-order valence-corrected chi connectivity index (χ1v) is 7.12. The molecule has 0 heterocycles. The van der Waals surface area contributed by atoms with Crippen molar-refractivity contribution >= 4 is 17.4 Å². The van der Waals surface area contributed by atoms with Gasteiger partial charge in [0.2, 0.25) is 0 Å². The van der Waals surface area contributed by atoms with Gasteiger partial charge in [0.15, 0.2) is 0 Å². The molecule has 0 spiro atoms. The average molecular weight is 293 g/mol. The number of hydrogen-bond donors (Lipinski definition) is 1. The summed E-state index contributed by atoms with van der Waals surface area (Å²) in [6.07, 6.45) is 0. The van der Waals surface area contributed by atoms with Crippen molar-refractivity contribution in [2.75, 3.05) is 25.2 Å². The van der Waals surface area contributed by atoms with Gasteiger partial charge in [-0.05, 0) is 42.5 Å². The average Bonchev–Trinajstić information content (AvgIpc) is 2.47. The number of nitrogens with two attached hydrogens (primary N) is 1. The van der Waals surface area contributed by atoms with Gasteiger partial charge in [0, 0.05) is 16.3 Å². The highest BCUT2D eigenvalue weighted by Gasteiger charge is 2.03. The van der Waals surface area contributed by atoms with Crippen LogP contribution in [0.3, 0.4) is 0 Å². The van der Waals surface area contributed by atoms with Crippen LogP contribution in [0.15, 0.2) is 47.4 Å². The van der Waals surface area contributed by atoms with Gasteiger partial charge in [-0.25, -0.2) is 4.39 Å². The van der Waals surface area contributed by atoms with Crippen LogP contribution in [-0.2, 0) is 0 Å². The van der Waals surface area contributed by atoms with Gasteiger partial charge in [0.05, 0.1) is 13.7 Å². The van der Waals surface area contributed by atoms with Crippen molar-refractivity contribution in [3.8, 4) is 11.5 Å². The molecule has 5 heteroatoms. The highest BCUT2D eigenvalue weighted by molar-refractivity contribution is 7.99. The van der Waals surface area contributed by atoms with Crippen LogP contribution < -0.4 is 15.2 Å². The molecule has 0 bridgehead atoms. The van der Waals surface area contributed by atoms with E-state index in [-0.39, 0.29) is 5.82 Å². The Kier molecular flexibility index (Phi) is 5.12. The van der Waals surface area contributed by atoms with Gasteiger partial charge in [-0.2, -0.15) is 0 Å². The molecule has 2 aromatic carbocycles. The predicted molar refractivity (Wildman–Crippen MR) is 80.0 cm³/mol. The Labute approximate surface area is 121 Å². The topological polar surface area (TPSA) is 44.5 Å². The summed E-state index contributed by atoms with van der Waals surface area (Å²) in [7, 11) is 1.62. The number of halogens is 1. The summed E-state index contributed by atoms with van der Waals surface area (Å²) in [5.74, 6) is 1.91. The highest BCUT2D eigenvalue weighted by Crippen LogP contribution is 2.29. The van der Waals surface area contributed by atoms with E-state index in [1.165, 1.54) is 12.1 Å². The van der Waals surface area contributed by atoms with Gasteiger partial charge in [-0.15, -0.1) is 11.8 Å². The lowest BCUT2D eigenvalue weighted by atomic mass is 10.3. The number of hydrogen-bond acceptors (Lipinski definition) is 4. The summed E-state index contributed by atoms with van der Waals surface area (Å²) < 4.78 is 23.4. The molecule has 0 saturated heterocycles. The Morgan fingerprint density at radius 2 is 1.80 bits per heavy atom. The molecule has 3 nitrogen and oxygen atoms in total. The molecule has 0 aliphatic rings. The third-order valence-electron chi connectivity index (χ3n) is 2.64. The minimum atomic E-state index is -0.268. The highest BCUT2D eigenvalue weighted by atomic mass is 32.2. The molecule has 0 amide bonds. The van der Waals surface area contributed by atoms with Gasteiger partial charge in [-0.1, -0.05) is 0 Å². The summed E-state index contributed by atoms with van der Waals surface area (Å²) in [5.41, 5.74) is 6.62. The first kappa shape index (κ1) is 14.5. The molecular weight excluding hydrogens is 277 g/mol. The second-order valence-electron chi connectivity index (χ2n) is 4.05. The SMILES string of the molecule is COc1ccc(N)c(SCCOc2ccc(F)cc2)c1. The lowest BCUT2D eigenvalue weighted by molar-refractivity contribution is 0.343. The fourth-order valence-corrected chi connectivity index (χ4v) is 2.43. The van der Waals surface area contributed by atoms with Gasteiger partial charge in [0.1, 0.15) is 17.3 Å². The van der Waals surface area contributed by atoms with Crippen LogP contribution in [0, 0.1) is 5.82 Å². The van der Waals surface area contributed by atoms with Crippen molar-refractivity contribution in [3.05, 3.63) is 48.3 Å². The maximum Gasteiger partial charge on any atom is 0.123 e. The largest absolute Gasteiger partial charge is 0.497 e. The number of ether oxygens (including phenoxy) is 2. The Balaban J connectivity index is 1.82. The lowest BCUT2D eigenvalue weighted by Crippen LogP contribution is -2.00. The summed E-state index contributed by atoms with van der Waals surface area (Å²) in [6.45, 7) is 0.521. The van der Waals surface area contributed by atoms with Crippen LogP contribution in [0.2, 0.25) is 0 Å². The van der Waals surface area contributed by atoms with Crippen LogP contribution in [0.5, 0.6) is 11.5 Å². The number of methoxy groups -OCH3 is 1. The van der Waals surface area contributed by atoms with Crippen molar-refractivity contribution < 1.29 is 13.9 Å². The number of benzene rings is 2. The van der Waals surface area contributed by atoms with Gasteiger partial charge >= 0.3 is 0 Å². The Morgan fingerprint density at radius 1 is 1.10 bits per heavy atom. The molecule has 0 aliphatic heterocycles. The van der Waals surface area contributed by atoms with Crippen molar-refractivity contribution in [2.24, 2.45) is 0 Å². The van der Waals surface area contributed by atoms with E-state index in [4.69, 9.17) is 15.2 Å². The van der Waals surface area contributed by atoms with Crippen LogP contribution in [0.1, 0.15) is 0 Å². The number of nitrogen functional groups attached to an aromatic ring is 1. The van der Waals surface area contributed by atoms with Crippen LogP contribution in [-0.4, -0.2) is 19.5 Å². The third-order valence-corrected chi connectivity index (χ3v) is 3.68. The molecule has 2 aromatic rings. The second-order valence-corrected chi connectivity index (χ2v) is 5.19. The minimum Gasteiger partial charge on any atom is -0.497 e. The summed E-state index contributed by atoms with van der Waals surface area (Å²) >= 11 is 1.59.